The van der Waals surface area contributed by atoms with Crippen molar-refractivity contribution in [2.24, 2.45) is 0 Å². The molecule has 0 saturated heterocycles. The Labute approximate surface area is 131 Å². The smallest absolute Gasteiger partial charge is 0.339 e. The molecular weight excluding hydrogens is 308 g/mol. The highest BCUT2D eigenvalue weighted by molar-refractivity contribution is 5.88. The van der Waals surface area contributed by atoms with Crippen LogP contribution in [-0.2, 0) is 0 Å². The number of aromatic carboxylic acids is 1. The predicted molar refractivity (Wildman–Crippen MR) is 78.7 cm³/mol. The molecule has 6 nitrogen and oxygen atoms in total. The van der Waals surface area contributed by atoms with Crippen molar-refractivity contribution in [3.8, 4) is 5.75 Å². The molecular formula is C15H15F2N3O3. The summed E-state index contributed by atoms with van der Waals surface area (Å²) in [7, 11) is 0. The molecule has 23 heavy (non-hydrogen) atoms. The van der Waals surface area contributed by atoms with Crippen molar-refractivity contribution in [2.75, 3.05) is 11.9 Å². The number of halogens is 2. The molecule has 0 fully saturated rings. The first kappa shape index (κ1) is 16.6. The van der Waals surface area contributed by atoms with Crippen LogP contribution in [0.1, 0.15) is 23.0 Å². The standard InChI is InChI=1S/C15H15F2N3O3/c1-8(7-23-13-11(16)4-3-5-12(13)17)19-15-18-6-10(14(21)22)9(2)20-15/h3-6,8H,7H2,1-2H3,(H,21,22)(H,18,19,20)/t8-/m1/s1. The van der Waals surface area contributed by atoms with Gasteiger partial charge in [-0.25, -0.2) is 23.5 Å². The first-order chi connectivity index (χ1) is 10.9. The molecule has 1 aromatic heterocycles. The Balaban J connectivity index is 1.99. The summed E-state index contributed by atoms with van der Waals surface area (Å²) in [6, 6.07) is 3.10. The third-order valence-electron chi connectivity index (χ3n) is 2.98. The third-order valence-corrected chi connectivity index (χ3v) is 2.98. The van der Waals surface area contributed by atoms with Crippen LogP contribution in [0.25, 0.3) is 0 Å². The predicted octanol–water partition coefficient (Wildman–Crippen LogP) is 2.64. The van der Waals surface area contributed by atoms with Crippen LogP contribution in [-0.4, -0.2) is 33.7 Å². The normalized spacial score (nSPS) is 11.8. The lowest BCUT2D eigenvalue weighted by Gasteiger charge is -2.16. The molecule has 2 aromatic rings. The van der Waals surface area contributed by atoms with E-state index in [1.165, 1.54) is 12.3 Å². The van der Waals surface area contributed by atoms with Crippen molar-refractivity contribution in [2.45, 2.75) is 19.9 Å². The summed E-state index contributed by atoms with van der Waals surface area (Å²) in [6.45, 7) is 3.23. The van der Waals surface area contributed by atoms with E-state index in [1.54, 1.807) is 13.8 Å². The zero-order valence-electron chi connectivity index (χ0n) is 12.5. The molecule has 0 amide bonds. The quantitative estimate of drug-likeness (QED) is 0.850. The topological polar surface area (TPSA) is 84.3 Å². The van der Waals surface area contributed by atoms with Crippen LogP contribution in [0.15, 0.2) is 24.4 Å². The number of aryl methyl sites for hydroxylation is 1. The molecule has 0 aliphatic heterocycles. The zero-order valence-corrected chi connectivity index (χ0v) is 12.5. The van der Waals surface area contributed by atoms with E-state index in [2.05, 4.69) is 15.3 Å². The molecule has 8 heteroatoms. The second-order valence-electron chi connectivity index (χ2n) is 4.91. The largest absolute Gasteiger partial charge is 0.485 e. The van der Waals surface area contributed by atoms with Gasteiger partial charge in [-0.2, -0.15) is 0 Å². The Morgan fingerprint density at radius 1 is 1.39 bits per heavy atom. The average Bonchev–Trinajstić information content (AvgIpc) is 2.46. The number of nitrogens with one attached hydrogen (secondary N) is 1. The number of ether oxygens (including phenoxy) is 1. The number of aromatic nitrogens is 2. The van der Waals surface area contributed by atoms with Crippen molar-refractivity contribution in [3.05, 3.63) is 47.3 Å². The number of nitrogens with zero attached hydrogens (tertiary/aromatic N) is 2. The van der Waals surface area contributed by atoms with Gasteiger partial charge in [-0.3, -0.25) is 0 Å². The third kappa shape index (κ3) is 4.12. The molecule has 122 valence electrons. The number of benzene rings is 1. The number of hydrogen-bond donors (Lipinski definition) is 2. The molecule has 0 spiro atoms. The number of para-hydroxylation sites is 1. The zero-order chi connectivity index (χ0) is 17.0. The minimum absolute atomic E-state index is 0.00730. The van der Waals surface area contributed by atoms with Crippen LogP contribution in [0.2, 0.25) is 0 Å². The monoisotopic (exact) mass is 323 g/mol. The first-order valence-corrected chi connectivity index (χ1v) is 6.78. The maximum absolute atomic E-state index is 13.4. The van der Waals surface area contributed by atoms with Gasteiger partial charge in [0.1, 0.15) is 6.61 Å². The van der Waals surface area contributed by atoms with Gasteiger partial charge in [-0.15, -0.1) is 0 Å². The van der Waals surface area contributed by atoms with E-state index in [9.17, 15) is 13.6 Å². The van der Waals surface area contributed by atoms with Gasteiger partial charge in [0.15, 0.2) is 17.4 Å². The molecule has 0 radical (unpaired) electrons. The number of rotatable bonds is 6. The summed E-state index contributed by atoms with van der Waals surface area (Å²) in [5, 5.41) is 11.8. The van der Waals surface area contributed by atoms with E-state index in [-0.39, 0.29) is 24.2 Å². The molecule has 2 N–H and O–H groups in total. The van der Waals surface area contributed by atoms with E-state index < -0.39 is 23.4 Å². The number of carboxylic acid groups (broad SMARTS) is 1. The van der Waals surface area contributed by atoms with Gasteiger partial charge in [0.25, 0.3) is 0 Å². The van der Waals surface area contributed by atoms with Crippen LogP contribution >= 0.6 is 0 Å². The van der Waals surface area contributed by atoms with E-state index in [1.807, 2.05) is 0 Å². The minimum Gasteiger partial charge on any atom is -0.485 e. The fourth-order valence-electron chi connectivity index (χ4n) is 1.84. The van der Waals surface area contributed by atoms with Crippen molar-refractivity contribution >= 4 is 11.9 Å². The summed E-state index contributed by atoms with van der Waals surface area (Å²) < 4.78 is 32.0. The summed E-state index contributed by atoms with van der Waals surface area (Å²) in [5.41, 5.74) is 0.316. The Morgan fingerprint density at radius 3 is 2.61 bits per heavy atom. The van der Waals surface area contributed by atoms with Crippen molar-refractivity contribution in [1.29, 1.82) is 0 Å². The van der Waals surface area contributed by atoms with Gasteiger partial charge in [0, 0.05) is 6.20 Å². The summed E-state index contributed by atoms with van der Waals surface area (Å²) in [6.07, 6.45) is 1.19. The molecule has 0 aliphatic carbocycles. The Kier molecular flexibility index (Phi) is 5.05. The average molecular weight is 323 g/mol. The summed E-state index contributed by atoms with van der Waals surface area (Å²) >= 11 is 0. The Hall–Kier alpha value is -2.77. The van der Waals surface area contributed by atoms with Crippen molar-refractivity contribution in [1.82, 2.24) is 9.97 Å². The van der Waals surface area contributed by atoms with E-state index in [0.29, 0.717) is 5.69 Å². The van der Waals surface area contributed by atoms with Gasteiger partial charge in [0.05, 0.1) is 17.3 Å². The molecule has 0 unspecified atom stereocenters. The lowest BCUT2D eigenvalue weighted by molar-refractivity contribution is 0.0695. The molecule has 1 aromatic carbocycles. The lowest BCUT2D eigenvalue weighted by Crippen LogP contribution is -2.25. The molecule has 2 rings (SSSR count). The van der Waals surface area contributed by atoms with Gasteiger partial charge in [-0.1, -0.05) is 6.07 Å². The van der Waals surface area contributed by atoms with Crippen LogP contribution in [0.3, 0.4) is 0 Å². The van der Waals surface area contributed by atoms with E-state index >= 15 is 0 Å². The Morgan fingerprint density at radius 2 is 2.04 bits per heavy atom. The van der Waals surface area contributed by atoms with Gasteiger partial charge >= 0.3 is 5.97 Å². The maximum Gasteiger partial charge on any atom is 0.339 e. The van der Waals surface area contributed by atoms with E-state index in [4.69, 9.17) is 9.84 Å². The second-order valence-corrected chi connectivity index (χ2v) is 4.91. The van der Waals surface area contributed by atoms with Crippen LogP contribution < -0.4 is 10.1 Å². The lowest BCUT2D eigenvalue weighted by atomic mass is 10.2. The molecule has 1 atom stereocenters. The number of carbonyl (C=O) groups is 1. The Bertz CT molecular complexity index is 705. The van der Waals surface area contributed by atoms with E-state index in [0.717, 1.165) is 12.1 Å². The highest BCUT2D eigenvalue weighted by Gasteiger charge is 2.14. The first-order valence-electron chi connectivity index (χ1n) is 6.78. The summed E-state index contributed by atoms with van der Waals surface area (Å²) in [4.78, 5) is 18.8. The molecule has 1 heterocycles. The molecule has 0 bridgehead atoms. The summed E-state index contributed by atoms with van der Waals surface area (Å²) in [5.74, 6) is -2.91. The number of carboxylic acids is 1. The van der Waals surface area contributed by atoms with Gasteiger partial charge in [-0.05, 0) is 26.0 Å². The molecule has 0 saturated carbocycles. The fourth-order valence-corrected chi connectivity index (χ4v) is 1.84. The highest BCUT2D eigenvalue weighted by Crippen LogP contribution is 2.21. The van der Waals surface area contributed by atoms with Crippen LogP contribution in [0.5, 0.6) is 5.75 Å². The van der Waals surface area contributed by atoms with Crippen molar-refractivity contribution in [3.63, 3.8) is 0 Å². The molecule has 0 aliphatic rings. The fraction of sp³-hybridized carbons (Fsp3) is 0.267. The van der Waals surface area contributed by atoms with Gasteiger partial charge < -0.3 is 15.2 Å². The SMILES string of the molecule is Cc1nc(N[C@H](C)COc2c(F)cccc2F)ncc1C(=O)O. The number of hydrogen-bond acceptors (Lipinski definition) is 5. The van der Waals surface area contributed by atoms with Crippen LogP contribution in [0.4, 0.5) is 14.7 Å². The minimum atomic E-state index is -1.11. The van der Waals surface area contributed by atoms with Crippen molar-refractivity contribution < 1.29 is 23.4 Å². The highest BCUT2D eigenvalue weighted by atomic mass is 19.1. The number of anilines is 1. The maximum atomic E-state index is 13.4. The second kappa shape index (κ2) is 6.99. The van der Waals surface area contributed by atoms with Crippen LogP contribution in [0, 0.1) is 18.6 Å². The van der Waals surface area contributed by atoms with Gasteiger partial charge in [0.2, 0.25) is 5.95 Å².